The van der Waals surface area contributed by atoms with Crippen molar-refractivity contribution >= 4 is 23.2 Å². The molecule has 2 saturated carbocycles. The molecule has 4 aromatic rings. The van der Waals surface area contributed by atoms with Crippen LogP contribution < -0.4 is 5.32 Å². The zero-order valence-corrected chi connectivity index (χ0v) is 32.0. The van der Waals surface area contributed by atoms with Gasteiger partial charge in [-0.1, -0.05) is 157 Å². The van der Waals surface area contributed by atoms with E-state index in [4.69, 9.17) is 9.83 Å². The third kappa shape index (κ3) is 6.72. The lowest BCUT2D eigenvalue weighted by Crippen LogP contribution is -2.33. The van der Waals surface area contributed by atoms with Crippen LogP contribution in [0.2, 0.25) is 0 Å². The number of benzene rings is 4. The van der Waals surface area contributed by atoms with Gasteiger partial charge in [-0.05, 0) is 71.9 Å². The van der Waals surface area contributed by atoms with Crippen molar-refractivity contribution in [3.8, 4) is 0 Å². The van der Waals surface area contributed by atoms with E-state index in [0.717, 1.165) is 55.1 Å². The number of oxime groups is 1. The summed E-state index contributed by atoms with van der Waals surface area (Å²) in [6.07, 6.45) is 16.6. The van der Waals surface area contributed by atoms with Gasteiger partial charge in [0.25, 0.3) is 0 Å². The number of carbonyl (C=O) groups excluding carboxylic acids is 1. The molecule has 0 aromatic heterocycles. The first-order valence-electron chi connectivity index (χ1n) is 20.1. The quantitative estimate of drug-likeness (QED) is 0.145. The Labute approximate surface area is 330 Å². The number of hydrogen-bond acceptors (Lipinski definition) is 5. The van der Waals surface area contributed by atoms with Gasteiger partial charge in [0.05, 0.1) is 18.8 Å². The molecule has 2 aliphatic heterocycles. The van der Waals surface area contributed by atoms with Gasteiger partial charge in [-0.2, -0.15) is 0 Å². The van der Waals surface area contributed by atoms with Gasteiger partial charge >= 0.3 is 0 Å². The maximum atomic E-state index is 12.2. The monoisotopic (exact) mass is 736 g/mol. The van der Waals surface area contributed by atoms with Crippen LogP contribution in [-0.4, -0.2) is 43.4 Å². The Balaban J connectivity index is 0.000000147. The van der Waals surface area contributed by atoms with Crippen molar-refractivity contribution in [2.75, 3.05) is 20.2 Å². The molecule has 10 rings (SSSR count). The molecule has 56 heavy (non-hydrogen) atoms. The second kappa shape index (κ2) is 15.3. The van der Waals surface area contributed by atoms with Crippen molar-refractivity contribution in [1.29, 1.82) is 0 Å². The molecule has 0 radical (unpaired) electrons. The predicted molar refractivity (Wildman–Crippen MR) is 226 cm³/mol. The van der Waals surface area contributed by atoms with E-state index in [1.165, 1.54) is 58.2 Å². The predicted octanol–water partition coefficient (Wildman–Crippen LogP) is 9.65. The smallest absolute Gasteiger partial charge is 0.228 e. The van der Waals surface area contributed by atoms with Crippen LogP contribution in [0.3, 0.4) is 0 Å². The molecule has 0 unspecified atom stereocenters. The first-order chi connectivity index (χ1) is 27.6. The highest BCUT2D eigenvalue weighted by Gasteiger charge is 2.41. The molecule has 2 heterocycles. The zero-order chi connectivity index (χ0) is 38.0. The van der Waals surface area contributed by atoms with Gasteiger partial charge in [-0.15, -0.1) is 0 Å². The molecule has 1 N–H and O–H groups in total. The van der Waals surface area contributed by atoms with E-state index in [1.807, 2.05) is 0 Å². The summed E-state index contributed by atoms with van der Waals surface area (Å²) in [6.45, 7) is 1.42. The number of amidine groups is 1. The molecule has 0 saturated heterocycles. The molecule has 0 atom stereocenters. The van der Waals surface area contributed by atoms with Crippen molar-refractivity contribution in [2.45, 2.75) is 55.8 Å². The second-order valence-electron chi connectivity index (χ2n) is 15.8. The summed E-state index contributed by atoms with van der Waals surface area (Å²) >= 11 is 0. The molecule has 6 aliphatic rings. The molecule has 4 aliphatic carbocycles. The van der Waals surface area contributed by atoms with Crippen LogP contribution >= 0.6 is 0 Å². The highest BCUT2D eigenvalue weighted by molar-refractivity contribution is 6.50. The number of hydrogen-bond donors (Lipinski definition) is 1. The van der Waals surface area contributed by atoms with Crippen molar-refractivity contribution < 1.29 is 9.63 Å². The van der Waals surface area contributed by atoms with E-state index < -0.39 is 0 Å². The fourth-order valence-electron chi connectivity index (χ4n) is 9.01. The fourth-order valence-corrected chi connectivity index (χ4v) is 9.01. The minimum absolute atomic E-state index is 0.124. The zero-order valence-electron chi connectivity index (χ0n) is 32.0. The Hall–Kier alpha value is -5.88. The molecule has 2 fully saturated rings. The van der Waals surface area contributed by atoms with Gasteiger partial charge in [-0.25, -0.2) is 0 Å². The van der Waals surface area contributed by atoms with Gasteiger partial charge in [0, 0.05) is 33.8 Å². The maximum Gasteiger partial charge on any atom is 0.228 e. The van der Waals surface area contributed by atoms with Crippen LogP contribution in [0.15, 0.2) is 183 Å². The van der Waals surface area contributed by atoms with Crippen molar-refractivity contribution in [3.05, 3.63) is 190 Å². The Morgan fingerprint density at radius 3 is 1.54 bits per heavy atom. The summed E-state index contributed by atoms with van der Waals surface area (Å²) in [6, 6.07) is 43.0. The number of nitrogens with zero attached hydrogens (tertiary/aromatic N) is 3. The van der Waals surface area contributed by atoms with Crippen molar-refractivity contribution in [2.24, 2.45) is 27.0 Å². The number of nitrogens with one attached hydrogen (secondary N) is 1. The Bertz CT molecular complexity index is 2230. The van der Waals surface area contributed by atoms with Crippen LogP contribution in [0, 0.1) is 11.8 Å². The summed E-state index contributed by atoms with van der Waals surface area (Å²) in [5, 5.41) is 7.44. The topological polar surface area (TPSA) is 75.4 Å². The van der Waals surface area contributed by atoms with E-state index in [2.05, 4.69) is 161 Å². The maximum absolute atomic E-state index is 12.2. The van der Waals surface area contributed by atoms with E-state index in [-0.39, 0.29) is 22.7 Å². The summed E-state index contributed by atoms with van der Waals surface area (Å²) < 4.78 is 0. The average Bonchev–Trinajstić information content (AvgIpc) is 3.91. The summed E-state index contributed by atoms with van der Waals surface area (Å²) in [7, 11) is 1.63. The van der Waals surface area contributed by atoms with E-state index in [1.54, 1.807) is 7.11 Å². The SMILES string of the molecule is CON=C(C1=NCC2=C1C=CC(c1ccccc1)(c1ccccc1)C2)C1CCC1.O=C(NC1=NCC2=C1C=CC(c1ccccc1)(c1ccccc1)C2)C1CC1. The first-order valence-corrected chi connectivity index (χ1v) is 20.1. The Kier molecular flexibility index (Phi) is 9.80. The molecular weight excluding hydrogens is 689 g/mol. The highest BCUT2D eigenvalue weighted by atomic mass is 16.6. The second-order valence-corrected chi connectivity index (χ2v) is 15.8. The van der Waals surface area contributed by atoms with Gasteiger partial charge in [-0.3, -0.25) is 14.8 Å². The molecule has 6 nitrogen and oxygen atoms in total. The lowest BCUT2D eigenvalue weighted by molar-refractivity contribution is -0.120. The third-order valence-corrected chi connectivity index (χ3v) is 12.5. The first kappa shape index (κ1) is 35.8. The minimum Gasteiger partial charge on any atom is -0.399 e. The average molecular weight is 737 g/mol. The Morgan fingerprint density at radius 2 is 1.09 bits per heavy atom. The van der Waals surface area contributed by atoms with Gasteiger partial charge < -0.3 is 10.2 Å². The summed E-state index contributed by atoms with van der Waals surface area (Å²) in [5.74, 6) is 1.56. The number of aliphatic imine (C=N–C) groups is 2. The number of allylic oxidation sites excluding steroid dienone is 4. The summed E-state index contributed by atoms with van der Waals surface area (Å²) in [5.41, 5.74) is 12.0. The van der Waals surface area contributed by atoms with Crippen molar-refractivity contribution in [3.63, 3.8) is 0 Å². The largest absolute Gasteiger partial charge is 0.399 e. The van der Waals surface area contributed by atoms with Crippen LogP contribution in [0.1, 0.15) is 67.2 Å². The van der Waals surface area contributed by atoms with Gasteiger partial charge in [0.2, 0.25) is 5.91 Å². The lowest BCUT2D eigenvalue weighted by atomic mass is 9.67. The van der Waals surface area contributed by atoms with Crippen LogP contribution in [0.25, 0.3) is 0 Å². The lowest BCUT2D eigenvalue weighted by Gasteiger charge is -2.36. The van der Waals surface area contributed by atoms with Gasteiger partial charge in [0.15, 0.2) is 0 Å². The molecule has 0 bridgehead atoms. The third-order valence-electron chi connectivity index (χ3n) is 12.5. The Morgan fingerprint density at radius 1 is 0.625 bits per heavy atom. The molecule has 280 valence electrons. The van der Waals surface area contributed by atoms with Crippen molar-refractivity contribution in [1.82, 2.24) is 5.32 Å². The van der Waals surface area contributed by atoms with Gasteiger partial charge in [0.1, 0.15) is 18.7 Å². The van der Waals surface area contributed by atoms with Crippen LogP contribution in [0.5, 0.6) is 0 Å². The molecule has 1 amide bonds. The van der Waals surface area contributed by atoms with E-state index in [9.17, 15) is 4.79 Å². The minimum atomic E-state index is -0.188. The van der Waals surface area contributed by atoms with Crippen LogP contribution in [0.4, 0.5) is 0 Å². The van der Waals surface area contributed by atoms with E-state index >= 15 is 0 Å². The summed E-state index contributed by atoms with van der Waals surface area (Å²) in [4.78, 5) is 26.9. The molecular formula is C50H48N4O2. The molecule has 0 spiro atoms. The highest BCUT2D eigenvalue weighted by Crippen LogP contribution is 2.46. The van der Waals surface area contributed by atoms with Crippen LogP contribution in [-0.2, 0) is 20.5 Å². The fraction of sp³-hybridized carbons (Fsp3) is 0.280. The number of rotatable bonds is 8. The standard InChI is InChI=1S/C26H26N2O.C24H22N2O/c1-29-28-24(19-9-8-10-19)25-23-15-16-26(17-20(23)18-27-25,21-11-4-2-5-12-21)22-13-6-3-7-14-22;27-23(17-11-12-17)26-22-21-13-14-24(15-18(21)16-25-22,19-7-3-1-4-8-19)20-9-5-2-6-10-20/h2-7,11-16,19H,8-10,17-18H2,1H3;1-10,13-14,17H,11-12,15-16H2,(H,25,26,27). The number of carbonyl (C=O) groups is 1. The number of amides is 1. The van der Waals surface area contributed by atoms with E-state index in [0.29, 0.717) is 12.5 Å². The normalized spacial score (nSPS) is 20.6. The molecule has 6 heteroatoms. The molecule has 4 aromatic carbocycles.